The van der Waals surface area contributed by atoms with Crippen LogP contribution in [0.4, 0.5) is 0 Å². The average molecular weight is 379 g/mol. The lowest BCUT2D eigenvalue weighted by atomic mass is 9.98. The summed E-state index contributed by atoms with van der Waals surface area (Å²) in [6.45, 7) is 6.03. The summed E-state index contributed by atoms with van der Waals surface area (Å²) < 4.78 is 12.1. The first kappa shape index (κ1) is 18.0. The number of H-pyrrole nitrogens is 1. The fourth-order valence-corrected chi connectivity index (χ4v) is 3.51. The number of methoxy groups -OCH3 is 2. The van der Waals surface area contributed by atoms with Crippen LogP contribution in [0.5, 0.6) is 5.75 Å². The smallest absolute Gasteiger partial charge is 0.356 e. The Bertz CT molecular complexity index is 1210. The number of nitrogens with zero attached hydrogens (tertiary/aromatic N) is 4. The number of ether oxygens (including phenoxy) is 2. The number of hydrogen-bond acceptors (Lipinski definition) is 6. The zero-order valence-corrected chi connectivity index (χ0v) is 16.4. The van der Waals surface area contributed by atoms with Crippen molar-refractivity contribution in [2.24, 2.45) is 0 Å². The zero-order valence-electron chi connectivity index (χ0n) is 16.4. The quantitative estimate of drug-likeness (QED) is 0.545. The van der Waals surface area contributed by atoms with Gasteiger partial charge in [-0.1, -0.05) is 13.8 Å². The standard InChI is InChI=1S/C20H21N5O3/c1-10(2)15-17(12-7-14(27-4)19-21-9-22-25(19)8-12)23-13-6-11(3)16(20(26)28-5)24-18(13)15/h6-10,23H,1-5H3. The molecule has 28 heavy (non-hydrogen) atoms. The van der Waals surface area contributed by atoms with Crippen LogP contribution in [-0.2, 0) is 4.74 Å². The predicted molar refractivity (Wildman–Crippen MR) is 105 cm³/mol. The molecule has 0 aliphatic heterocycles. The monoisotopic (exact) mass is 379 g/mol. The third kappa shape index (κ3) is 2.69. The van der Waals surface area contributed by atoms with Crippen LogP contribution < -0.4 is 4.74 Å². The van der Waals surface area contributed by atoms with E-state index in [9.17, 15) is 4.79 Å². The van der Waals surface area contributed by atoms with Crippen LogP contribution in [0.15, 0.2) is 24.7 Å². The minimum absolute atomic E-state index is 0.168. The first-order valence-electron chi connectivity index (χ1n) is 8.93. The summed E-state index contributed by atoms with van der Waals surface area (Å²) in [6, 6.07) is 3.85. The molecular weight excluding hydrogens is 358 g/mol. The lowest BCUT2D eigenvalue weighted by Gasteiger charge is -2.10. The van der Waals surface area contributed by atoms with Crippen molar-refractivity contribution >= 4 is 22.6 Å². The van der Waals surface area contributed by atoms with Gasteiger partial charge in [0.05, 0.1) is 30.9 Å². The number of carbonyl (C=O) groups excluding carboxylic acids is 1. The van der Waals surface area contributed by atoms with Gasteiger partial charge in [0.2, 0.25) is 0 Å². The van der Waals surface area contributed by atoms with E-state index in [4.69, 9.17) is 9.47 Å². The minimum atomic E-state index is -0.442. The second-order valence-corrected chi connectivity index (χ2v) is 6.94. The van der Waals surface area contributed by atoms with E-state index in [2.05, 4.69) is 33.9 Å². The van der Waals surface area contributed by atoms with Crippen molar-refractivity contribution in [3.63, 3.8) is 0 Å². The molecule has 8 heteroatoms. The number of pyridine rings is 2. The Labute approximate surface area is 161 Å². The van der Waals surface area contributed by atoms with Gasteiger partial charge in [-0.25, -0.2) is 19.3 Å². The molecule has 4 heterocycles. The molecule has 144 valence electrons. The highest BCUT2D eigenvalue weighted by Gasteiger charge is 2.22. The number of fused-ring (bicyclic) bond motifs is 2. The van der Waals surface area contributed by atoms with Crippen molar-refractivity contribution in [1.82, 2.24) is 24.6 Å². The van der Waals surface area contributed by atoms with Crippen molar-refractivity contribution in [3.8, 4) is 17.0 Å². The molecule has 0 amide bonds. The van der Waals surface area contributed by atoms with Crippen molar-refractivity contribution in [2.45, 2.75) is 26.7 Å². The van der Waals surface area contributed by atoms with Crippen LogP contribution in [0.3, 0.4) is 0 Å². The molecule has 0 bridgehead atoms. The summed E-state index contributed by atoms with van der Waals surface area (Å²) in [7, 11) is 2.97. The molecule has 4 rings (SSSR count). The van der Waals surface area contributed by atoms with Gasteiger partial charge in [-0.05, 0) is 30.5 Å². The maximum absolute atomic E-state index is 12.1. The summed E-state index contributed by atoms with van der Waals surface area (Å²) in [5.74, 6) is 0.354. The molecule has 0 saturated heterocycles. The SMILES string of the molecule is COC(=O)c1nc2c(C(C)C)c(-c3cc(OC)c4ncnn4c3)[nH]c2cc1C. The Kier molecular flexibility index (Phi) is 4.26. The summed E-state index contributed by atoms with van der Waals surface area (Å²) in [4.78, 5) is 24.4. The molecule has 4 aromatic heterocycles. The van der Waals surface area contributed by atoms with Gasteiger partial charge >= 0.3 is 5.97 Å². The second kappa shape index (κ2) is 6.63. The molecule has 1 N–H and O–H groups in total. The molecule has 0 atom stereocenters. The van der Waals surface area contributed by atoms with Gasteiger partial charge in [-0.2, -0.15) is 5.10 Å². The van der Waals surface area contributed by atoms with Gasteiger partial charge in [0.1, 0.15) is 6.33 Å². The van der Waals surface area contributed by atoms with E-state index >= 15 is 0 Å². The van der Waals surface area contributed by atoms with Gasteiger partial charge < -0.3 is 14.5 Å². The van der Waals surface area contributed by atoms with Gasteiger partial charge in [-0.15, -0.1) is 0 Å². The predicted octanol–water partition coefficient (Wildman–Crippen LogP) is 3.50. The highest BCUT2D eigenvalue weighted by atomic mass is 16.5. The van der Waals surface area contributed by atoms with Crippen molar-refractivity contribution < 1.29 is 14.3 Å². The number of hydrogen-bond donors (Lipinski definition) is 1. The lowest BCUT2D eigenvalue weighted by molar-refractivity contribution is 0.0593. The van der Waals surface area contributed by atoms with E-state index in [0.29, 0.717) is 17.1 Å². The molecule has 0 fully saturated rings. The van der Waals surface area contributed by atoms with Gasteiger partial charge in [0.25, 0.3) is 0 Å². The Balaban J connectivity index is 2.02. The number of aromatic nitrogens is 5. The van der Waals surface area contributed by atoms with Gasteiger partial charge in [-0.3, -0.25) is 0 Å². The second-order valence-electron chi connectivity index (χ2n) is 6.94. The fourth-order valence-electron chi connectivity index (χ4n) is 3.51. The average Bonchev–Trinajstić information content (AvgIpc) is 3.29. The Morgan fingerprint density at radius 3 is 2.71 bits per heavy atom. The molecule has 0 aromatic carbocycles. The minimum Gasteiger partial charge on any atom is -0.493 e. The Morgan fingerprint density at radius 1 is 1.25 bits per heavy atom. The number of carbonyl (C=O) groups is 1. The van der Waals surface area contributed by atoms with Crippen LogP contribution in [-0.4, -0.2) is 44.8 Å². The summed E-state index contributed by atoms with van der Waals surface area (Å²) in [5.41, 5.74) is 6.18. The van der Waals surface area contributed by atoms with Crippen LogP contribution >= 0.6 is 0 Å². The number of esters is 1. The van der Waals surface area contributed by atoms with E-state index in [1.807, 2.05) is 25.3 Å². The topological polar surface area (TPSA) is 94.4 Å². The Hall–Kier alpha value is -3.42. The van der Waals surface area contributed by atoms with E-state index in [1.165, 1.54) is 13.4 Å². The molecule has 4 aromatic rings. The first-order valence-corrected chi connectivity index (χ1v) is 8.93. The van der Waals surface area contributed by atoms with Gasteiger partial charge in [0, 0.05) is 17.3 Å². The highest BCUT2D eigenvalue weighted by molar-refractivity contribution is 5.95. The molecule has 0 radical (unpaired) electrons. The summed E-state index contributed by atoms with van der Waals surface area (Å²) in [5, 5.41) is 4.24. The van der Waals surface area contributed by atoms with Crippen LogP contribution in [0.25, 0.3) is 27.9 Å². The van der Waals surface area contributed by atoms with E-state index in [0.717, 1.165) is 33.4 Å². The zero-order chi connectivity index (χ0) is 20.0. The van der Waals surface area contributed by atoms with Crippen LogP contribution in [0, 0.1) is 6.92 Å². The van der Waals surface area contributed by atoms with E-state index in [1.54, 1.807) is 11.6 Å². The fraction of sp³-hybridized carbons (Fsp3) is 0.300. The molecule has 8 nitrogen and oxygen atoms in total. The first-order chi connectivity index (χ1) is 13.4. The van der Waals surface area contributed by atoms with E-state index < -0.39 is 5.97 Å². The van der Waals surface area contributed by atoms with Crippen molar-refractivity contribution in [1.29, 1.82) is 0 Å². The van der Waals surface area contributed by atoms with Crippen LogP contribution in [0.2, 0.25) is 0 Å². The summed E-state index contributed by atoms with van der Waals surface area (Å²) >= 11 is 0. The van der Waals surface area contributed by atoms with Crippen molar-refractivity contribution in [3.05, 3.63) is 41.5 Å². The van der Waals surface area contributed by atoms with E-state index in [-0.39, 0.29) is 5.92 Å². The summed E-state index contributed by atoms with van der Waals surface area (Å²) in [6.07, 6.45) is 3.39. The lowest BCUT2D eigenvalue weighted by Crippen LogP contribution is -2.07. The van der Waals surface area contributed by atoms with Crippen LogP contribution in [0.1, 0.15) is 41.4 Å². The number of aromatic amines is 1. The normalized spacial score (nSPS) is 11.5. The molecule has 0 aliphatic rings. The molecular formula is C20H21N5O3. The maximum atomic E-state index is 12.1. The molecule has 0 unspecified atom stereocenters. The number of nitrogens with one attached hydrogen (secondary N) is 1. The number of rotatable bonds is 4. The van der Waals surface area contributed by atoms with Gasteiger partial charge in [0.15, 0.2) is 17.1 Å². The van der Waals surface area contributed by atoms with Crippen molar-refractivity contribution in [2.75, 3.05) is 14.2 Å². The third-order valence-electron chi connectivity index (χ3n) is 4.80. The highest BCUT2D eigenvalue weighted by Crippen LogP contribution is 2.37. The largest absolute Gasteiger partial charge is 0.493 e. The number of aryl methyl sites for hydroxylation is 1. The maximum Gasteiger partial charge on any atom is 0.356 e. The third-order valence-corrected chi connectivity index (χ3v) is 4.80. The molecule has 0 saturated carbocycles. The molecule has 0 spiro atoms. The molecule has 0 aliphatic carbocycles. The Morgan fingerprint density at radius 2 is 2.04 bits per heavy atom.